The van der Waals surface area contributed by atoms with E-state index >= 15 is 0 Å². The van der Waals surface area contributed by atoms with Crippen molar-refractivity contribution in [2.75, 3.05) is 0 Å². The van der Waals surface area contributed by atoms with Gasteiger partial charge in [-0.3, -0.25) is 0 Å². The van der Waals surface area contributed by atoms with Crippen molar-refractivity contribution >= 4 is 59.5 Å². The summed E-state index contributed by atoms with van der Waals surface area (Å²) in [7, 11) is 0. The number of nitrogens with zero attached hydrogens (tertiary/aromatic N) is 2. The smallest absolute Gasteiger partial charge is 0.0547 e. The Bertz CT molecular complexity index is 2330. The highest BCUT2D eigenvalue weighted by Crippen LogP contribution is 2.51. The highest BCUT2D eigenvalue weighted by molar-refractivity contribution is 9.10. The van der Waals surface area contributed by atoms with E-state index in [9.17, 15) is 0 Å². The lowest BCUT2D eigenvalue weighted by Crippen LogP contribution is -2.14. The van der Waals surface area contributed by atoms with Gasteiger partial charge in [0.15, 0.2) is 0 Å². The lowest BCUT2D eigenvalue weighted by Gasteiger charge is -2.21. The average Bonchev–Trinajstić information content (AvgIpc) is 3.60. The molecule has 0 bridgehead atoms. The molecule has 200 valence electrons. The molecule has 0 radical (unpaired) electrons. The van der Waals surface area contributed by atoms with E-state index < -0.39 is 0 Å². The first-order valence-electron chi connectivity index (χ1n) is 14.5. The average molecular weight is 604 g/mol. The van der Waals surface area contributed by atoms with Crippen molar-refractivity contribution in [1.82, 2.24) is 9.13 Å². The quantitative estimate of drug-likeness (QED) is 0.186. The van der Waals surface area contributed by atoms with Gasteiger partial charge in [0.1, 0.15) is 0 Å². The molecule has 0 amide bonds. The van der Waals surface area contributed by atoms with Gasteiger partial charge in [0.05, 0.1) is 22.1 Å². The third-order valence-electron chi connectivity index (χ3n) is 9.38. The zero-order valence-corrected chi connectivity index (χ0v) is 25.0. The van der Waals surface area contributed by atoms with E-state index in [1.807, 2.05) is 0 Å². The first kappa shape index (κ1) is 24.0. The van der Waals surface area contributed by atoms with Crippen molar-refractivity contribution in [2.45, 2.75) is 19.3 Å². The third-order valence-corrected chi connectivity index (χ3v) is 9.87. The molecule has 9 rings (SSSR count). The highest BCUT2D eigenvalue weighted by atomic mass is 79.9. The molecule has 2 aromatic heterocycles. The van der Waals surface area contributed by atoms with Gasteiger partial charge in [-0.15, -0.1) is 0 Å². The van der Waals surface area contributed by atoms with E-state index in [-0.39, 0.29) is 5.41 Å². The maximum atomic E-state index is 3.71. The fraction of sp³-hybridized carbons (Fsp3) is 0.0769. The molecule has 1 aliphatic rings. The molecule has 0 spiro atoms. The molecular weight excluding hydrogens is 576 g/mol. The van der Waals surface area contributed by atoms with E-state index in [4.69, 9.17) is 0 Å². The van der Waals surface area contributed by atoms with E-state index in [1.54, 1.807) is 0 Å². The zero-order chi connectivity index (χ0) is 28.2. The van der Waals surface area contributed by atoms with Crippen molar-refractivity contribution in [3.63, 3.8) is 0 Å². The predicted octanol–water partition coefficient (Wildman–Crippen LogP) is 10.9. The Hall–Kier alpha value is -4.60. The number of hydrogen-bond acceptors (Lipinski definition) is 0. The predicted molar refractivity (Wildman–Crippen MR) is 180 cm³/mol. The van der Waals surface area contributed by atoms with E-state index in [1.165, 1.54) is 77.2 Å². The van der Waals surface area contributed by atoms with Crippen LogP contribution in [0.15, 0.2) is 132 Å². The van der Waals surface area contributed by atoms with Crippen molar-refractivity contribution in [1.29, 1.82) is 0 Å². The molecule has 8 aromatic rings. The molecule has 1 aliphatic carbocycles. The highest BCUT2D eigenvalue weighted by Gasteiger charge is 2.36. The molecule has 3 heteroatoms. The van der Waals surface area contributed by atoms with E-state index in [0.29, 0.717) is 0 Å². The van der Waals surface area contributed by atoms with Crippen LogP contribution in [-0.4, -0.2) is 9.13 Å². The summed E-state index contributed by atoms with van der Waals surface area (Å²) < 4.78 is 5.94. The van der Waals surface area contributed by atoms with E-state index in [0.717, 1.165) is 4.47 Å². The molecule has 0 aliphatic heterocycles. The summed E-state index contributed by atoms with van der Waals surface area (Å²) in [5.41, 5.74) is 12.6. The summed E-state index contributed by atoms with van der Waals surface area (Å²) >= 11 is 3.71. The van der Waals surface area contributed by atoms with Gasteiger partial charge in [0, 0.05) is 42.8 Å². The van der Waals surface area contributed by atoms with Crippen LogP contribution < -0.4 is 0 Å². The lowest BCUT2D eigenvalue weighted by atomic mass is 9.82. The van der Waals surface area contributed by atoms with Gasteiger partial charge in [-0.25, -0.2) is 0 Å². The third kappa shape index (κ3) is 3.15. The molecule has 2 nitrogen and oxygen atoms in total. The topological polar surface area (TPSA) is 9.86 Å². The Balaban J connectivity index is 1.28. The summed E-state index contributed by atoms with van der Waals surface area (Å²) in [6.07, 6.45) is 0. The summed E-state index contributed by atoms with van der Waals surface area (Å²) in [5.74, 6) is 0. The van der Waals surface area contributed by atoms with Crippen LogP contribution in [0.2, 0.25) is 0 Å². The molecular formula is C39H27BrN2. The van der Waals surface area contributed by atoms with Gasteiger partial charge in [0.25, 0.3) is 0 Å². The first-order chi connectivity index (χ1) is 20.5. The van der Waals surface area contributed by atoms with Crippen LogP contribution in [0.5, 0.6) is 0 Å². The number of hydrogen-bond donors (Lipinski definition) is 0. The number of aromatic nitrogens is 2. The van der Waals surface area contributed by atoms with Crippen LogP contribution in [0.4, 0.5) is 0 Å². The standard InChI is InChI=1S/C39H27BrN2/c1-39(2)33-21-24(40)15-20-27(33)31-23-38-32(22-34(31)39)30-11-5-8-14-37(30)42(38)26-18-16-25(17-19-26)41-35-12-6-3-9-28(35)29-10-4-7-13-36(29)41/h3-23H,1-2H3. The van der Waals surface area contributed by atoms with Gasteiger partial charge in [0.2, 0.25) is 0 Å². The maximum Gasteiger partial charge on any atom is 0.0547 e. The van der Waals surface area contributed by atoms with Crippen LogP contribution in [0.25, 0.3) is 66.1 Å². The minimum atomic E-state index is -0.0597. The van der Waals surface area contributed by atoms with Crippen molar-refractivity contribution < 1.29 is 0 Å². The van der Waals surface area contributed by atoms with Crippen LogP contribution in [0.1, 0.15) is 25.0 Å². The normalized spacial score (nSPS) is 13.8. The molecule has 0 fully saturated rings. The molecule has 0 saturated carbocycles. The van der Waals surface area contributed by atoms with Crippen molar-refractivity contribution in [3.05, 3.63) is 143 Å². The van der Waals surface area contributed by atoms with Gasteiger partial charge in [-0.1, -0.05) is 90.4 Å². The Morgan fingerprint density at radius 1 is 0.452 bits per heavy atom. The van der Waals surface area contributed by atoms with Crippen LogP contribution >= 0.6 is 15.9 Å². The molecule has 0 saturated heterocycles. The van der Waals surface area contributed by atoms with Gasteiger partial charge in [-0.05, 0) is 89.0 Å². The van der Waals surface area contributed by atoms with Crippen molar-refractivity contribution in [3.8, 4) is 22.5 Å². The Kier molecular flexibility index (Phi) is 4.85. The summed E-state index contributed by atoms with van der Waals surface area (Å²) in [4.78, 5) is 0. The molecule has 2 heterocycles. The van der Waals surface area contributed by atoms with Gasteiger partial charge < -0.3 is 9.13 Å². The summed E-state index contributed by atoms with van der Waals surface area (Å²) in [6.45, 7) is 4.70. The monoisotopic (exact) mass is 602 g/mol. The second-order valence-electron chi connectivity index (χ2n) is 12.0. The van der Waals surface area contributed by atoms with Gasteiger partial charge >= 0.3 is 0 Å². The number of rotatable bonds is 2. The van der Waals surface area contributed by atoms with Gasteiger partial charge in [-0.2, -0.15) is 0 Å². The minimum absolute atomic E-state index is 0.0597. The lowest BCUT2D eigenvalue weighted by molar-refractivity contribution is 0.661. The zero-order valence-electron chi connectivity index (χ0n) is 23.4. The fourth-order valence-electron chi connectivity index (χ4n) is 7.40. The molecule has 6 aromatic carbocycles. The molecule has 0 atom stereocenters. The molecule has 0 N–H and O–H groups in total. The SMILES string of the molecule is CC1(C)c2cc(Br)ccc2-c2cc3c(cc21)c1ccccc1n3-c1ccc(-n2c3ccccc3c3ccccc32)cc1. The first-order valence-corrected chi connectivity index (χ1v) is 15.3. The van der Waals surface area contributed by atoms with Crippen LogP contribution in [0, 0.1) is 0 Å². The largest absolute Gasteiger partial charge is 0.309 e. The number of benzene rings is 6. The summed E-state index contributed by atoms with van der Waals surface area (Å²) in [6, 6.07) is 46.8. The van der Waals surface area contributed by atoms with Crippen LogP contribution in [0.3, 0.4) is 0 Å². The minimum Gasteiger partial charge on any atom is -0.309 e. The fourth-order valence-corrected chi connectivity index (χ4v) is 7.76. The second kappa shape index (κ2) is 8.47. The number of fused-ring (bicyclic) bond motifs is 9. The Labute approximate surface area is 252 Å². The Morgan fingerprint density at radius 2 is 0.929 bits per heavy atom. The number of para-hydroxylation sites is 3. The maximum absolute atomic E-state index is 3.71. The summed E-state index contributed by atoms with van der Waals surface area (Å²) in [5, 5.41) is 5.15. The van der Waals surface area contributed by atoms with Crippen LogP contribution in [-0.2, 0) is 5.41 Å². The molecule has 42 heavy (non-hydrogen) atoms. The molecule has 0 unspecified atom stereocenters. The number of halogens is 1. The Morgan fingerprint density at radius 3 is 1.50 bits per heavy atom. The van der Waals surface area contributed by atoms with Crippen molar-refractivity contribution in [2.24, 2.45) is 0 Å². The van der Waals surface area contributed by atoms with E-state index in [2.05, 4.69) is 166 Å². The second-order valence-corrected chi connectivity index (χ2v) is 12.9.